The van der Waals surface area contributed by atoms with Crippen molar-refractivity contribution in [3.05, 3.63) is 36.2 Å². The molecule has 0 saturated carbocycles. The molecule has 0 bridgehead atoms. The van der Waals surface area contributed by atoms with Crippen LogP contribution < -0.4 is 15.8 Å². The molecule has 0 radical (unpaired) electrons. The molecule has 3 N–H and O–H groups in total. The minimum atomic E-state index is 0.396. The lowest BCUT2D eigenvalue weighted by Crippen LogP contribution is -2.05. The van der Waals surface area contributed by atoms with E-state index in [2.05, 4.69) is 10.3 Å². The zero-order chi connectivity index (χ0) is 11.8. The Morgan fingerprint density at radius 3 is 2.88 bits per heavy atom. The fraction of sp³-hybridized carbons (Fsp3) is 0.0909. The molecule has 0 aliphatic heterocycles. The summed E-state index contributed by atoms with van der Waals surface area (Å²) < 4.78 is 5.45. The number of aliphatic imine (C=N–C) groups is 1. The molecule has 0 spiro atoms. The minimum Gasteiger partial charge on any atom is -0.452 e. The maximum atomic E-state index is 10.1. The van der Waals surface area contributed by atoms with E-state index in [9.17, 15) is 4.79 Å². The molecule has 1 aromatic rings. The fourth-order valence-electron chi connectivity index (χ4n) is 1.04. The zero-order valence-electron chi connectivity index (χ0n) is 8.88. The molecule has 0 heterocycles. The van der Waals surface area contributed by atoms with E-state index in [-0.39, 0.29) is 0 Å². The number of hydrogen-bond acceptors (Lipinski definition) is 4. The van der Waals surface area contributed by atoms with Gasteiger partial charge in [0.15, 0.2) is 5.76 Å². The normalized spacial score (nSPS) is 11.4. The number of nitrogens with one attached hydrogen (secondary N) is 1. The summed E-state index contributed by atoms with van der Waals surface area (Å²) in [4.78, 5) is 13.5. The summed E-state index contributed by atoms with van der Waals surface area (Å²) in [5.74, 6) is 0.911. The summed E-state index contributed by atoms with van der Waals surface area (Å²) in [6, 6.07) is 7.07. The summed E-state index contributed by atoms with van der Waals surface area (Å²) in [5, 5.41) is 2.78. The van der Waals surface area contributed by atoms with Crippen LogP contribution in [0, 0.1) is 0 Å². The molecule has 0 atom stereocenters. The van der Waals surface area contributed by atoms with Gasteiger partial charge in [0.2, 0.25) is 6.41 Å². The third kappa shape index (κ3) is 3.45. The first-order valence-corrected chi connectivity index (χ1v) is 4.64. The van der Waals surface area contributed by atoms with Crippen LogP contribution in [0.1, 0.15) is 0 Å². The van der Waals surface area contributed by atoms with Crippen LogP contribution in [0.4, 0.5) is 5.69 Å². The number of amides is 1. The highest BCUT2D eigenvalue weighted by molar-refractivity contribution is 5.82. The van der Waals surface area contributed by atoms with Gasteiger partial charge in [0.25, 0.3) is 0 Å². The first-order valence-electron chi connectivity index (χ1n) is 4.64. The Kier molecular flexibility index (Phi) is 4.59. The summed E-state index contributed by atoms with van der Waals surface area (Å²) in [6.45, 7) is 0. The number of nitrogen functional groups attached to an aromatic ring is 1. The molecule has 0 fully saturated rings. The predicted octanol–water partition coefficient (Wildman–Crippen LogP) is 0.936. The summed E-state index contributed by atoms with van der Waals surface area (Å²) in [7, 11) is 1.71. The average Bonchev–Trinajstić information content (AvgIpc) is 2.29. The topological polar surface area (TPSA) is 76.7 Å². The Labute approximate surface area is 93.6 Å². The molecule has 1 amide bonds. The van der Waals surface area contributed by atoms with E-state index < -0.39 is 0 Å². The van der Waals surface area contributed by atoms with Gasteiger partial charge in [-0.1, -0.05) is 12.1 Å². The molecule has 0 aliphatic carbocycles. The van der Waals surface area contributed by atoms with Crippen molar-refractivity contribution in [2.24, 2.45) is 4.99 Å². The Morgan fingerprint density at radius 2 is 2.25 bits per heavy atom. The Morgan fingerprint density at radius 1 is 1.50 bits per heavy atom. The molecule has 5 heteroatoms. The lowest BCUT2D eigenvalue weighted by Gasteiger charge is -2.07. The number of hydrogen-bond donors (Lipinski definition) is 2. The number of allylic oxidation sites excluding steroid dienone is 1. The molecule has 0 unspecified atom stereocenters. The van der Waals surface area contributed by atoms with Gasteiger partial charge in [-0.3, -0.25) is 4.79 Å². The minimum absolute atomic E-state index is 0.396. The van der Waals surface area contributed by atoms with Crippen LogP contribution in [0.5, 0.6) is 5.75 Å². The lowest BCUT2D eigenvalue weighted by atomic mass is 10.3. The van der Waals surface area contributed by atoms with Crippen molar-refractivity contribution in [3.8, 4) is 5.75 Å². The number of benzene rings is 1. The van der Waals surface area contributed by atoms with Crippen LogP contribution in [-0.2, 0) is 4.79 Å². The highest BCUT2D eigenvalue weighted by atomic mass is 16.5. The zero-order valence-corrected chi connectivity index (χ0v) is 8.88. The number of carbonyl (C=O) groups is 1. The van der Waals surface area contributed by atoms with Gasteiger partial charge in [0.1, 0.15) is 5.75 Å². The molecule has 1 aromatic carbocycles. The molecular weight excluding hydrogens is 206 g/mol. The maximum Gasteiger partial charge on any atom is 0.232 e. The van der Waals surface area contributed by atoms with Crippen LogP contribution >= 0.6 is 0 Å². The second kappa shape index (κ2) is 6.23. The van der Waals surface area contributed by atoms with Gasteiger partial charge in [-0.05, 0) is 12.1 Å². The summed E-state index contributed by atoms with van der Waals surface area (Å²) in [6.07, 6.45) is 3.30. The maximum absolute atomic E-state index is 10.1. The van der Waals surface area contributed by atoms with Gasteiger partial charge in [0, 0.05) is 13.2 Å². The SMILES string of the molecule is CN/C=C(\C=N/C=O)Oc1ccccc1N. The van der Waals surface area contributed by atoms with E-state index in [0.29, 0.717) is 23.6 Å². The van der Waals surface area contributed by atoms with E-state index in [0.717, 1.165) is 0 Å². The monoisotopic (exact) mass is 219 g/mol. The van der Waals surface area contributed by atoms with E-state index in [1.807, 2.05) is 6.07 Å². The first-order chi connectivity index (χ1) is 7.77. The number of para-hydroxylation sites is 2. The number of rotatable bonds is 5. The van der Waals surface area contributed by atoms with Crippen LogP contribution in [0.25, 0.3) is 0 Å². The van der Waals surface area contributed by atoms with E-state index >= 15 is 0 Å². The van der Waals surface area contributed by atoms with Crippen molar-refractivity contribution in [3.63, 3.8) is 0 Å². The highest BCUT2D eigenvalue weighted by Gasteiger charge is 2.01. The van der Waals surface area contributed by atoms with Crippen molar-refractivity contribution in [1.82, 2.24) is 5.32 Å². The first kappa shape index (κ1) is 11.8. The van der Waals surface area contributed by atoms with Gasteiger partial charge < -0.3 is 15.8 Å². The van der Waals surface area contributed by atoms with E-state index in [4.69, 9.17) is 10.5 Å². The second-order valence-corrected chi connectivity index (χ2v) is 2.86. The Hall–Kier alpha value is -2.30. The Balaban J connectivity index is 2.84. The fourth-order valence-corrected chi connectivity index (χ4v) is 1.04. The third-order valence-corrected chi connectivity index (χ3v) is 1.70. The van der Waals surface area contributed by atoms with Crippen LogP contribution in [0.15, 0.2) is 41.2 Å². The summed E-state index contributed by atoms with van der Waals surface area (Å²) >= 11 is 0. The van der Waals surface area contributed by atoms with Gasteiger partial charge in [-0.25, -0.2) is 4.99 Å². The standard InChI is InChI=1S/C11H13N3O2/c1-13-6-9(7-14-8-15)16-11-5-3-2-4-10(11)12/h2-8,13H,12H2,1H3/b9-6+,14-7-. The molecule has 16 heavy (non-hydrogen) atoms. The number of nitrogens with zero attached hydrogens (tertiary/aromatic N) is 1. The van der Waals surface area contributed by atoms with E-state index in [1.165, 1.54) is 6.21 Å². The van der Waals surface area contributed by atoms with Gasteiger partial charge >= 0.3 is 0 Å². The molecule has 5 nitrogen and oxygen atoms in total. The second-order valence-electron chi connectivity index (χ2n) is 2.86. The largest absolute Gasteiger partial charge is 0.452 e. The third-order valence-electron chi connectivity index (χ3n) is 1.70. The quantitative estimate of drug-likeness (QED) is 0.334. The van der Waals surface area contributed by atoms with Crippen LogP contribution in [-0.4, -0.2) is 19.7 Å². The highest BCUT2D eigenvalue weighted by Crippen LogP contribution is 2.21. The van der Waals surface area contributed by atoms with Gasteiger partial charge in [0.05, 0.1) is 11.9 Å². The molecule has 0 aromatic heterocycles. The van der Waals surface area contributed by atoms with Crippen molar-refractivity contribution >= 4 is 18.3 Å². The number of anilines is 1. The average molecular weight is 219 g/mol. The summed E-state index contributed by atoms with van der Waals surface area (Å²) in [5.41, 5.74) is 6.22. The molecule has 84 valence electrons. The molecular formula is C11H13N3O2. The van der Waals surface area contributed by atoms with Crippen LogP contribution in [0.2, 0.25) is 0 Å². The molecule has 1 rings (SSSR count). The van der Waals surface area contributed by atoms with Gasteiger partial charge in [-0.2, -0.15) is 0 Å². The number of ether oxygens (including phenoxy) is 1. The predicted molar refractivity (Wildman–Crippen MR) is 63.2 cm³/mol. The van der Waals surface area contributed by atoms with Crippen molar-refractivity contribution in [2.75, 3.05) is 12.8 Å². The lowest BCUT2D eigenvalue weighted by molar-refractivity contribution is -0.106. The van der Waals surface area contributed by atoms with Gasteiger partial charge in [-0.15, -0.1) is 0 Å². The van der Waals surface area contributed by atoms with Crippen molar-refractivity contribution in [2.45, 2.75) is 0 Å². The van der Waals surface area contributed by atoms with Crippen molar-refractivity contribution in [1.29, 1.82) is 0 Å². The number of carbonyl (C=O) groups excluding carboxylic acids is 1. The van der Waals surface area contributed by atoms with E-state index in [1.54, 1.807) is 31.4 Å². The number of nitrogens with two attached hydrogens (primary N) is 1. The molecule has 0 saturated heterocycles. The van der Waals surface area contributed by atoms with Crippen LogP contribution in [0.3, 0.4) is 0 Å². The Bertz CT molecular complexity index is 413. The smallest absolute Gasteiger partial charge is 0.232 e. The van der Waals surface area contributed by atoms with Crippen molar-refractivity contribution < 1.29 is 9.53 Å². The molecule has 0 aliphatic rings.